The van der Waals surface area contributed by atoms with E-state index in [-0.39, 0.29) is 0 Å². The Balaban J connectivity index is 2.02. The van der Waals surface area contributed by atoms with Gasteiger partial charge in [-0.1, -0.05) is 17.7 Å². The molecule has 0 bridgehead atoms. The lowest BCUT2D eigenvalue weighted by atomic mass is 10.1. The van der Waals surface area contributed by atoms with Crippen molar-refractivity contribution in [2.45, 2.75) is 27.0 Å². The Morgan fingerprint density at radius 1 is 1.12 bits per heavy atom. The van der Waals surface area contributed by atoms with Gasteiger partial charge in [-0.3, -0.25) is 0 Å². The van der Waals surface area contributed by atoms with Crippen LogP contribution in [0.25, 0.3) is 0 Å². The summed E-state index contributed by atoms with van der Waals surface area (Å²) in [5, 5.41) is 0. The Labute approximate surface area is 101 Å². The van der Waals surface area contributed by atoms with Gasteiger partial charge in [0.05, 0.1) is 6.54 Å². The minimum atomic E-state index is 0.420. The molecule has 0 saturated carbocycles. The largest absolute Gasteiger partial charge is 0.485 e. The third kappa shape index (κ3) is 2.88. The zero-order valence-electron chi connectivity index (χ0n) is 10.2. The predicted molar refractivity (Wildman–Crippen MR) is 66.8 cm³/mol. The van der Waals surface area contributed by atoms with Gasteiger partial charge < -0.3 is 14.9 Å². The maximum Gasteiger partial charge on any atom is 0.146 e. The Hall–Kier alpha value is -1.74. The molecule has 0 atom stereocenters. The first-order valence-corrected chi connectivity index (χ1v) is 5.67. The maximum atomic E-state index is 5.70. The lowest BCUT2D eigenvalue weighted by Gasteiger charge is -2.08. The quantitative estimate of drug-likeness (QED) is 0.880. The summed E-state index contributed by atoms with van der Waals surface area (Å²) < 4.78 is 11.2. The second-order valence-corrected chi connectivity index (χ2v) is 4.13. The molecule has 0 radical (unpaired) electrons. The standard InChI is InChI=1S/C14H17NO2/c1-10-3-6-14(11(2)7-10)16-9-13-5-4-12(8-15)17-13/h3-7H,8-9,15H2,1-2H3. The van der Waals surface area contributed by atoms with Gasteiger partial charge in [-0.25, -0.2) is 0 Å². The molecule has 0 saturated heterocycles. The predicted octanol–water partition coefficient (Wildman–Crippen LogP) is 2.93. The van der Waals surface area contributed by atoms with Crippen molar-refractivity contribution in [3.63, 3.8) is 0 Å². The van der Waals surface area contributed by atoms with Crippen LogP contribution in [0.5, 0.6) is 5.75 Å². The van der Waals surface area contributed by atoms with Crippen LogP contribution in [0.3, 0.4) is 0 Å². The smallest absolute Gasteiger partial charge is 0.146 e. The molecule has 0 amide bonds. The molecule has 17 heavy (non-hydrogen) atoms. The number of benzene rings is 1. The molecule has 2 N–H and O–H groups in total. The van der Waals surface area contributed by atoms with Crippen LogP contribution in [0.4, 0.5) is 0 Å². The van der Waals surface area contributed by atoms with Crippen molar-refractivity contribution in [3.05, 3.63) is 53.0 Å². The highest BCUT2D eigenvalue weighted by Gasteiger charge is 2.03. The van der Waals surface area contributed by atoms with Crippen LogP contribution in [0, 0.1) is 13.8 Å². The number of hydrogen-bond donors (Lipinski definition) is 1. The van der Waals surface area contributed by atoms with Crippen molar-refractivity contribution in [2.75, 3.05) is 0 Å². The fourth-order valence-electron chi connectivity index (χ4n) is 1.72. The van der Waals surface area contributed by atoms with Crippen LogP contribution in [-0.4, -0.2) is 0 Å². The first-order chi connectivity index (χ1) is 8.19. The third-order valence-electron chi connectivity index (χ3n) is 2.62. The molecule has 3 nitrogen and oxygen atoms in total. The van der Waals surface area contributed by atoms with Crippen LogP contribution in [-0.2, 0) is 13.2 Å². The molecule has 0 unspecified atom stereocenters. The second kappa shape index (κ2) is 5.06. The summed E-state index contributed by atoms with van der Waals surface area (Å²) in [7, 11) is 0. The number of hydrogen-bond acceptors (Lipinski definition) is 3. The normalized spacial score (nSPS) is 10.5. The molecule has 0 fully saturated rings. The van der Waals surface area contributed by atoms with Gasteiger partial charge in [0.15, 0.2) is 0 Å². The molecular formula is C14H17NO2. The van der Waals surface area contributed by atoms with Gasteiger partial charge in [0.25, 0.3) is 0 Å². The molecule has 0 aliphatic carbocycles. The van der Waals surface area contributed by atoms with Crippen molar-refractivity contribution in [3.8, 4) is 5.75 Å². The average Bonchev–Trinajstić information content (AvgIpc) is 2.76. The summed E-state index contributed by atoms with van der Waals surface area (Å²) in [6.07, 6.45) is 0. The average molecular weight is 231 g/mol. The van der Waals surface area contributed by atoms with E-state index in [1.54, 1.807) is 0 Å². The lowest BCUT2D eigenvalue weighted by Crippen LogP contribution is -1.96. The molecule has 1 aromatic carbocycles. The number of ether oxygens (including phenoxy) is 1. The summed E-state index contributed by atoms with van der Waals surface area (Å²) >= 11 is 0. The van der Waals surface area contributed by atoms with Crippen molar-refractivity contribution < 1.29 is 9.15 Å². The summed E-state index contributed by atoms with van der Waals surface area (Å²) in [4.78, 5) is 0. The minimum absolute atomic E-state index is 0.420. The fraction of sp³-hybridized carbons (Fsp3) is 0.286. The van der Waals surface area contributed by atoms with Crippen molar-refractivity contribution in [1.82, 2.24) is 0 Å². The van der Waals surface area contributed by atoms with Gasteiger partial charge in [0, 0.05) is 0 Å². The van der Waals surface area contributed by atoms with Gasteiger partial charge >= 0.3 is 0 Å². The monoisotopic (exact) mass is 231 g/mol. The third-order valence-corrected chi connectivity index (χ3v) is 2.62. The van der Waals surface area contributed by atoms with Crippen LogP contribution in [0.2, 0.25) is 0 Å². The summed E-state index contributed by atoms with van der Waals surface area (Å²) in [5.41, 5.74) is 7.85. The molecule has 1 heterocycles. The van der Waals surface area contributed by atoms with Crippen LogP contribution in [0.15, 0.2) is 34.7 Å². The van der Waals surface area contributed by atoms with E-state index < -0.39 is 0 Å². The molecule has 90 valence electrons. The SMILES string of the molecule is Cc1ccc(OCc2ccc(CN)o2)c(C)c1. The van der Waals surface area contributed by atoms with Crippen LogP contribution < -0.4 is 10.5 Å². The first kappa shape index (κ1) is 11.7. The molecule has 0 aliphatic heterocycles. The van der Waals surface area contributed by atoms with E-state index in [9.17, 15) is 0 Å². The van der Waals surface area contributed by atoms with E-state index in [2.05, 4.69) is 13.0 Å². The number of nitrogens with two attached hydrogens (primary N) is 1. The van der Waals surface area contributed by atoms with Crippen LogP contribution >= 0.6 is 0 Å². The molecule has 2 rings (SSSR count). The summed E-state index contributed by atoms with van der Waals surface area (Å²) in [6, 6.07) is 9.89. The Morgan fingerprint density at radius 2 is 1.88 bits per heavy atom. The van der Waals surface area contributed by atoms with Gasteiger partial charge in [-0.15, -0.1) is 0 Å². The highest BCUT2D eigenvalue weighted by atomic mass is 16.5. The van der Waals surface area contributed by atoms with E-state index in [4.69, 9.17) is 14.9 Å². The van der Waals surface area contributed by atoms with Crippen molar-refractivity contribution in [2.24, 2.45) is 5.73 Å². The zero-order valence-corrected chi connectivity index (χ0v) is 10.2. The van der Waals surface area contributed by atoms with E-state index in [1.165, 1.54) is 5.56 Å². The second-order valence-electron chi connectivity index (χ2n) is 4.13. The first-order valence-electron chi connectivity index (χ1n) is 5.67. The maximum absolute atomic E-state index is 5.70. The highest BCUT2D eigenvalue weighted by Crippen LogP contribution is 2.20. The summed E-state index contributed by atoms with van der Waals surface area (Å²) in [5.74, 6) is 2.47. The Morgan fingerprint density at radius 3 is 2.53 bits per heavy atom. The molecular weight excluding hydrogens is 214 g/mol. The van der Waals surface area contributed by atoms with E-state index in [1.807, 2.05) is 31.2 Å². The zero-order chi connectivity index (χ0) is 12.3. The number of rotatable bonds is 4. The van der Waals surface area contributed by atoms with Crippen LogP contribution in [0.1, 0.15) is 22.6 Å². The number of furan rings is 1. The van der Waals surface area contributed by atoms with E-state index in [0.29, 0.717) is 13.2 Å². The topological polar surface area (TPSA) is 48.4 Å². The molecule has 1 aromatic heterocycles. The van der Waals surface area contributed by atoms with Gasteiger partial charge in [-0.2, -0.15) is 0 Å². The fourth-order valence-corrected chi connectivity index (χ4v) is 1.72. The van der Waals surface area contributed by atoms with Crippen molar-refractivity contribution in [1.29, 1.82) is 0 Å². The highest BCUT2D eigenvalue weighted by molar-refractivity contribution is 5.35. The van der Waals surface area contributed by atoms with Crippen molar-refractivity contribution >= 4 is 0 Å². The molecule has 2 aromatic rings. The Bertz CT molecular complexity index is 503. The van der Waals surface area contributed by atoms with Gasteiger partial charge in [0.1, 0.15) is 23.9 Å². The minimum Gasteiger partial charge on any atom is -0.485 e. The van der Waals surface area contributed by atoms with Gasteiger partial charge in [0.2, 0.25) is 0 Å². The van der Waals surface area contributed by atoms with Gasteiger partial charge in [-0.05, 0) is 37.6 Å². The molecule has 0 aliphatic rings. The van der Waals surface area contributed by atoms with E-state index >= 15 is 0 Å². The lowest BCUT2D eigenvalue weighted by molar-refractivity contribution is 0.264. The number of aryl methyl sites for hydroxylation is 2. The molecule has 0 spiro atoms. The molecule has 3 heteroatoms. The van der Waals surface area contributed by atoms with E-state index in [0.717, 1.165) is 22.8 Å². The Kier molecular flexibility index (Phi) is 3.49. The summed E-state index contributed by atoms with van der Waals surface area (Å²) in [6.45, 7) is 4.96.